The number of nitrogens with two attached hydrogens (primary N) is 2. The molecule has 2 aromatic rings. The van der Waals surface area contributed by atoms with Gasteiger partial charge in [0.2, 0.25) is 0 Å². The highest BCUT2D eigenvalue weighted by Gasteiger charge is 2.11. The number of rotatable bonds is 0. The fourth-order valence-corrected chi connectivity index (χ4v) is 1.45. The number of nitrogen functional groups attached to an aromatic ring is 2. The largest absolute Gasteiger partial charge is 0.382 e. The van der Waals surface area contributed by atoms with Gasteiger partial charge < -0.3 is 11.5 Å². The Labute approximate surface area is 80.3 Å². The Hall–Kier alpha value is -1.98. The van der Waals surface area contributed by atoms with Gasteiger partial charge in [0.15, 0.2) is 11.6 Å². The molecule has 4 N–H and O–H groups in total. The van der Waals surface area contributed by atoms with Crippen LogP contribution in [0, 0.1) is 13.8 Å². The third-order valence-corrected chi connectivity index (χ3v) is 2.10. The summed E-state index contributed by atoms with van der Waals surface area (Å²) in [4.78, 5) is 0. The highest BCUT2D eigenvalue weighted by Crippen LogP contribution is 2.25. The minimum atomic E-state index is 0.338. The van der Waals surface area contributed by atoms with Gasteiger partial charge in [-0.3, -0.25) is 0 Å². The molecule has 2 heterocycles. The zero-order valence-corrected chi connectivity index (χ0v) is 7.94. The number of aromatic nitrogens is 4. The summed E-state index contributed by atoms with van der Waals surface area (Å²) in [7, 11) is 0. The zero-order valence-electron chi connectivity index (χ0n) is 7.94. The minimum absolute atomic E-state index is 0.338. The Kier molecular flexibility index (Phi) is 1.70. The molecular formula is C8H10N6. The Morgan fingerprint density at radius 3 is 1.43 bits per heavy atom. The Balaban J connectivity index is 3.05. The predicted octanol–water partition coefficient (Wildman–Crippen LogP) is 0.201. The van der Waals surface area contributed by atoms with E-state index in [9.17, 15) is 0 Å². The molecule has 0 bridgehead atoms. The van der Waals surface area contributed by atoms with E-state index >= 15 is 0 Å². The van der Waals surface area contributed by atoms with Crippen LogP contribution in [0.15, 0.2) is 0 Å². The highest BCUT2D eigenvalue weighted by molar-refractivity contribution is 5.99. The Morgan fingerprint density at radius 2 is 1.07 bits per heavy atom. The summed E-state index contributed by atoms with van der Waals surface area (Å²) in [6.45, 7) is 3.62. The first-order chi connectivity index (χ1) is 6.61. The van der Waals surface area contributed by atoms with E-state index in [4.69, 9.17) is 11.5 Å². The maximum Gasteiger partial charge on any atom is 0.156 e. The predicted molar refractivity (Wildman–Crippen MR) is 53.4 cm³/mol. The van der Waals surface area contributed by atoms with E-state index in [2.05, 4.69) is 20.4 Å². The van der Waals surface area contributed by atoms with Gasteiger partial charge >= 0.3 is 0 Å². The summed E-state index contributed by atoms with van der Waals surface area (Å²) in [5.41, 5.74) is 12.8. The van der Waals surface area contributed by atoms with Crippen molar-refractivity contribution in [3.63, 3.8) is 0 Å². The lowest BCUT2D eigenvalue weighted by atomic mass is 10.1. The van der Waals surface area contributed by atoms with Gasteiger partial charge in [0.25, 0.3) is 0 Å². The van der Waals surface area contributed by atoms with Crippen LogP contribution in [0.25, 0.3) is 10.8 Å². The van der Waals surface area contributed by atoms with Crippen LogP contribution in [0.2, 0.25) is 0 Å². The fraction of sp³-hybridized carbons (Fsp3) is 0.250. The van der Waals surface area contributed by atoms with Gasteiger partial charge in [-0.1, -0.05) is 0 Å². The van der Waals surface area contributed by atoms with E-state index in [0.717, 1.165) is 10.8 Å². The normalized spacial score (nSPS) is 10.7. The SMILES string of the molecule is Cc1nnc(C)c2c(N)nnc(N)c12. The molecule has 0 saturated heterocycles. The van der Waals surface area contributed by atoms with Crippen molar-refractivity contribution in [2.45, 2.75) is 13.8 Å². The number of fused-ring (bicyclic) bond motifs is 1. The lowest BCUT2D eigenvalue weighted by Crippen LogP contribution is -2.04. The Bertz CT molecular complexity index is 417. The standard InChI is InChI=1S/C8H10N6/c1-3-5-6(4(2)12-11-3)8(10)14-13-7(5)9/h1-2H3,(H2,9,13)(H2,10,14). The molecule has 6 nitrogen and oxygen atoms in total. The van der Waals surface area contributed by atoms with Crippen LogP contribution in [0.4, 0.5) is 11.6 Å². The molecule has 72 valence electrons. The molecule has 0 aliphatic heterocycles. The zero-order chi connectivity index (χ0) is 10.3. The summed E-state index contributed by atoms with van der Waals surface area (Å²) in [5.74, 6) is 0.675. The summed E-state index contributed by atoms with van der Waals surface area (Å²) < 4.78 is 0. The van der Waals surface area contributed by atoms with Crippen molar-refractivity contribution in [3.8, 4) is 0 Å². The second kappa shape index (κ2) is 2.76. The number of aryl methyl sites for hydroxylation is 2. The maximum absolute atomic E-state index is 5.70. The molecule has 2 aromatic heterocycles. The monoisotopic (exact) mass is 190 g/mol. The third-order valence-electron chi connectivity index (χ3n) is 2.10. The molecule has 0 atom stereocenters. The van der Waals surface area contributed by atoms with Crippen molar-refractivity contribution in [2.75, 3.05) is 11.5 Å². The van der Waals surface area contributed by atoms with Crippen LogP contribution in [-0.2, 0) is 0 Å². The van der Waals surface area contributed by atoms with Gasteiger partial charge in [0.05, 0.1) is 22.2 Å². The summed E-state index contributed by atoms with van der Waals surface area (Å²) >= 11 is 0. The average Bonchev–Trinajstić information content (AvgIpc) is 2.16. The van der Waals surface area contributed by atoms with Gasteiger partial charge in [0, 0.05) is 0 Å². The first-order valence-corrected chi connectivity index (χ1v) is 4.12. The molecule has 0 aliphatic rings. The first-order valence-electron chi connectivity index (χ1n) is 4.12. The highest BCUT2D eigenvalue weighted by atomic mass is 15.2. The molecule has 0 spiro atoms. The molecule has 6 heteroatoms. The van der Waals surface area contributed by atoms with E-state index in [-0.39, 0.29) is 0 Å². The average molecular weight is 190 g/mol. The quantitative estimate of drug-likeness (QED) is 0.615. The number of nitrogens with zero attached hydrogens (tertiary/aromatic N) is 4. The number of hydrogen-bond donors (Lipinski definition) is 2. The van der Waals surface area contributed by atoms with Crippen LogP contribution in [0.5, 0.6) is 0 Å². The van der Waals surface area contributed by atoms with Crippen molar-refractivity contribution < 1.29 is 0 Å². The molecule has 0 aromatic carbocycles. The van der Waals surface area contributed by atoms with Crippen LogP contribution >= 0.6 is 0 Å². The molecule has 0 aliphatic carbocycles. The van der Waals surface area contributed by atoms with Crippen LogP contribution < -0.4 is 11.5 Å². The molecule has 0 unspecified atom stereocenters. The lowest BCUT2D eigenvalue weighted by molar-refractivity contribution is 0.955. The van der Waals surface area contributed by atoms with E-state index in [1.807, 2.05) is 13.8 Å². The van der Waals surface area contributed by atoms with Gasteiger partial charge in [-0.05, 0) is 13.8 Å². The molecular weight excluding hydrogens is 180 g/mol. The minimum Gasteiger partial charge on any atom is -0.382 e. The fourth-order valence-electron chi connectivity index (χ4n) is 1.45. The van der Waals surface area contributed by atoms with Crippen molar-refractivity contribution in [2.24, 2.45) is 0 Å². The summed E-state index contributed by atoms with van der Waals surface area (Å²) in [5, 5.41) is 16.9. The van der Waals surface area contributed by atoms with Crippen LogP contribution in [0.3, 0.4) is 0 Å². The Morgan fingerprint density at radius 1 is 0.714 bits per heavy atom. The smallest absolute Gasteiger partial charge is 0.156 e. The maximum atomic E-state index is 5.70. The van der Waals surface area contributed by atoms with Crippen molar-refractivity contribution in [1.82, 2.24) is 20.4 Å². The third kappa shape index (κ3) is 1.04. The molecule has 0 saturated carbocycles. The van der Waals surface area contributed by atoms with E-state index < -0.39 is 0 Å². The van der Waals surface area contributed by atoms with E-state index in [0.29, 0.717) is 23.0 Å². The van der Waals surface area contributed by atoms with E-state index in [1.165, 1.54) is 0 Å². The van der Waals surface area contributed by atoms with Gasteiger partial charge in [-0.25, -0.2) is 0 Å². The van der Waals surface area contributed by atoms with Crippen molar-refractivity contribution in [3.05, 3.63) is 11.4 Å². The van der Waals surface area contributed by atoms with Crippen LogP contribution in [-0.4, -0.2) is 20.4 Å². The van der Waals surface area contributed by atoms with Gasteiger partial charge in [-0.15, -0.1) is 10.2 Å². The second-order valence-electron chi connectivity index (χ2n) is 3.09. The van der Waals surface area contributed by atoms with Gasteiger partial charge in [-0.2, -0.15) is 10.2 Å². The van der Waals surface area contributed by atoms with Crippen molar-refractivity contribution in [1.29, 1.82) is 0 Å². The second-order valence-corrected chi connectivity index (χ2v) is 3.09. The number of hydrogen-bond acceptors (Lipinski definition) is 6. The molecule has 0 amide bonds. The van der Waals surface area contributed by atoms with Gasteiger partial charge in [0.1, 0.15) is 0 Å². The summed E-state index contributed by atoms with van der Waals surface area (Å²) in [6, 6.07) is 0. The molecule has 14 heavy (non-hydrogen) atoms. The topological polar surface area (TPSA) is 104 Å². The first kappa shape index (κ1) is 8.61. The molecule has 0 radical (unpaired) electrons. The summed E-state index contributed by atoms with van der Waals surface area (Å²) in [6.07, 6.45) is 0. The molecule has 0 fully saturated rings. The molecule has 2 rings (SSSR count). The van der Waals surface area contributed by atoms with E-state index in [1.54, 1.807) is 0 Å². The van der Waals surface area contributed by atoms with Crippen LogP contribution in [0.1, 0.15) is 11.4 Å². The number of anilines is 2. The lowest BCUT2D eigenvalue weighted by Gasteiger charge is -2.06. The van der Waals surface area contributed by atoms with Crippen molar-refractivity contribution >= 4 is 22.4 Å².